The molecule has 0 atom stereocenters. The Morgan fingerprint density at radius 2 is 0.638 bits per heavy atom. The molecule has 2 aliphatic carbocycles. The van der Waals surface area contributed by atoms with Crippen LogP contribution in [0.4, 0.5) is 5.69 Å². The number of aromatic nitrogens is 5. The number of furan rings is 1. The lowest BCUT2D eigenvalue weighted by molar-refractivity contribution is 0.669. The second kappa shape index (κ2) is 30.6. The van der Waals surface area contributed by atoms with Gasteiger partial charge in [-0.2, -0.15) is 5.26 Å². The number of hydrogen-bond acceptors (Lipinski definition) is 6. The van der Waals surface area contributed by atoms with Crippen molar-refractivity contribution in [3.63, 3.8) is 0 Å². The van der Waals surface area contributed by atoms with Crippen molar-refractivity contribution in [2.24, 2.45) is 0 Å². The summed E-state index contributed by atoms with van der Waals surface area (Å²) in [6.07, 6.45) is 0. The normalized spacial score (nSPS) is 11.7. The Bertz CT molecular complexity index is 8850. The van der Waals surface area contributed by atoms with Crippen LogP contribution in [0, 0.1) is 17.9 Å². The summed E-state index contributed by atoms with van der Waals surface area (Å²) in [6.45, 7) is 7.73. The van der Waals surface area contributed by atoms with Gasteiger partial charge in [-0.1, -0.05) is 364 Å². The van der Waals surface area contributed by atoms with E-state index in [-0.39, 0.29) is 0 Å². The molecular formula is C122H71N7O. The van der Waals surface area contributed by atoms with Gasteiger partial charge in [0.1, 0.15) is 11.2 Å². The van der Waals surface area contributed by atoms with E-state index in [1.54, 1.807) is 0 Å². The predicted octanol–water partition coefficient (Wildman–Crippen LogP) is 32.6. The highest BCUT2D eigenvalue weighted by Gasteiger charge is 2.29. The van der Waals surface area contributed by atoms with Crippen LogP contribution in [-0.2, 0) is 0 Å². The molecule has 26 rings (SSSR count). The Kier molecular flexibility index (Phi) is 17.6. The van der Waals surface area contributed by atoms with E-state index in [4.69, 9.17) is 30.9 Å². The minimum Gasteiger partial charge on any atom is -0.456 e. The maximum absolute atomic E-state index is 9.59. The van der Waals surface area contributed by atoms with E-state index in [0.29, 0.717) is 22.9 Å². The summed E-state index contributed by atoms with van der Waals surface area (Å²) < 4.78 is 8.61. The molecular weight excluding hydrogens is 1580 g/mol. The fraction of sp³-hybridized carbons (Fsp3) is 0. The van der Waals surface area contributed by atoms with Crippen LogP contribution in [0.25, 0.3) is 265 Å². The summed E-state index contributed by atoms with van der Waals surface area (Å²) >= 11 is 0. The highest BCUT2D eigenvalue weighted by molar-refractivity contribution is 6.25. The molecule has 4 aromatic heterocycles. The van der Waals surface area contributed by atoms with E-state index in [1.807, 2.05) is 115 Å². The van der Waals surface area contributed by atoms with Crippen LogP contribution in [0.15, 0.2) is 435 Å². The van der Waals surface area contributed by atoms with Gasteiger partial charge in [0, 0.05) is 60.6 Å². The molecule has 130 heavy (non-hydrogen) atoms. The minimum atomic E-state index is 0.643. The largest absolute Gasteiger partial charge is 0.456 e. The van der Waals surface area contributed by atoms with Gasteiger partial charge >= 0.3 is 0 Å². The molecule has 0 aliphatic heterocycles. The van der Waals surface area contributed by atoms with E-state index in [2.05, 4.69) is 331 Å². The topological polar surface area (TPSA) is 97.8 Å². The maximum Gasteiger partial charge on any atom is 0.194 e. The summed E-state index contributed by atoms with van der Waals surface area (Å²) in [5, 5.41) is 23.5. The molecule has 20 aromatic carbocycles. The Balaban J connectivity index is 0.000000140. The van der Waals surface area contributed by atoms with Crippen molar-refractivity contribution in [3.8, 4) is 180 Å². The smallest absolute Gasteiger partial charge is 0.194 e. The lowest BCUT2D eigenvalue weighted by Gasteiger charge is -2.16. The molecule has 0 saturated heterocycles. The van der Waals surface area contributed by atoms with Gasteiger partial charge in [0.05, 0.1) is 52.0 Å². The van der Waals surface area contributed by atoms with Gasteiger partial charge in [0.2, 0.25) is 0 Å². The molecule has 24 aromatic rings. The monoisotopic (exact) mass is 1650 g/mol. The van der Waals surface area contributed by atoms with Crippen molar-refractivity contribution in [1.82, 2.24) is 24.5 Å². The van der Waals surface area contributed by atoms with Crippen LogP contribution < -0.4 is 0 Å². The lowest BCUT2D eigenvalue weighted by atomic mass is 9.87. The van der Waals surface area contributed by atoms with Gasteiger partial charge in [0.25, 0.3) is 0 Å². The molecule has 4 heterocycles. The van der Waals surface area contributed by atoms with Gasteiger partial charge in [-0.15, -0.1) is 0 Å². The van der Waals surface area contributed by atoms with E-state index in [1.165, 1.54) is 110 Å². The van der Waals surface area contributed by atoms with Gasteiger partial charge < -0.3 is 8.98 Å². The number of rotatable bonds is 12. The summed E-state index contributed by atoms with van der Waals surface area (Å²) in [7, 11) is 0. The summed E-state index contributed by atoms with van der Waals surface area (Å²) in [5.74, 6) is 1.35. The third-order valence-electron chi connectivity index (χ3n) is 26.3. The predicted molar refractivity (Wildman–Crippen MR) is 535 cm³/mol. The van der Waals surface area contributed by atoms with Crippen molar-refractivity contribution in [2.45, 2.75) is 0 Å². The molecule has 0 fully saturated rings. The van der Waals surface area contributed by atoms with E-state index in [9.17, 15) is 5.26 Å². The van der Waals surface area contributed by atoms with Crippen molar-refractivity contribution in [1.29, 1.82) is 5.26 Å². The molecule has 0 amide bonds. The number of nitriles is 1. The van der Waals surface area contributed by atoms with Gasteiger partial charge in [-0.25, -0.2) is 24.8 Å². The van der Waals surface area contributed by atoms with E-state index >= 15 is 0 Å². The highest BCUT2D eigenvalue weighted by Crippen LogP contribution is 2.55. The lowest BCUT2D eigenvalue weighted by Crippen LogP contribution is -1.96. The Labute approximate surface area is 749 Å². The number of hydrogen-bond donors (Lipinski definition) is 0. The zero-order valence-corrected chi connectivity index (χ0v) is 70.0. The minimum absolute atomic E-state index is 0.643. The molecule has 0 saturated carbocycles. The van der Waals surface area contributed by atoms with Crippen LogP contribution >= 0.6 is 0 Å². The summed E-state index contributed by atoms with van der Waals surface area (Å²) in [4.78, 5) is 24.6. The van der Waals surface area contributed by atoms with Crippen LogP contribution in [0.3, 0.4) is 0 Å². The molecule has 0 bridgehead atoms. The number of benzene rings is 20. The second-order valence-corrected chi connectivity index (χ2v) is 33.5. The zero-order valence-electron chi connectivity index (χ0n) is 70.0. The average Bonchev–Trinajstić information content (AvgIpc) is 1.55. The molecule has 0 spiro atoms. The number of nitrogens with zero attached hydrogens (tertiary/aromatic N) is 7. The third-order valence-corrected chi connectivity index (χ3v) is 26.3. The standard InChI is InChI=1S/C61H36N4.C61H35N3O/c62-37-38-18-27-46(28-19-38)65-57-17-9-8-16-51(57)52-29-26-44(35-58(52)65)48-31-33-54-50-15-7-6-14-49(50)53-32-30-47(59(48)60(53)54)40-21-23-41(24-22-40)55-36-56(64-61(63-55)42-11-2-1-3-12-42)45-25-20-39-10-4-5-13-43(39)34-45;1-62-53-21-10-18-45-42(17-9-19-48(45)53)37-24-26-38(27-25-37)43-32-34-49-46-14-5-6-15-47(46)50-35-33-44(59(43)60(49)50)39-28-30-41(31-29-39)55-36-54(40-12-3-2-4-13-40)63-61(64-55)52-20-11-23-57-58(52)51-16-7-8-22-56(51)65-57/h1-36H;2-36H. The van der Waals surface area contributed by atoms with Crippen molar-refractivity contribution in [3.05, 3.63) is 448 Å². The Hall–Kier alpha value is -17.8. The second-order valence-electron chi connectivity index (χ2n) is 33.5. The highest BCUT2D eigenvalue weighted by atomic mass is 16.3. The quantitative estimate of drug-likeness (QED) is 0.113. The molecule has 0 N–H and O–H groups in total. The van der Waals surface area contributed by atoms with Gasteiger partial charge in [-0.3, -0.25) is 0 Å². The van der Waals surface area contributed by atoms with Gasteiger partial charge in [-0.05, 0) is 210 Å². The van der Waals surface area contributed by atoms with Crippen LogP contribution in [0.1, 0.15) is 5.56 Å². The number of para-hydroxylation sites is 2. The maximum atomic E-state index is 9.59. The first-order valence-electron chi connectivity index (χ1n) is 43.8. The summed E-state index contributed by atoms with van der Waals surface area (Å²) in [6, 6.07) is 155. The van der Waals surface area contributed by atoms with Crippen molar-refractivity contribution >= 4 is 92.5 Å². The third kappa shape index (κ3) is 12.4. The Morgan fingerprint density at radius 1 is 0.238 bits per heavy atom. The van der Waals surface area contributed by atoms with Crippen LogP contribution in [0.5, 0.6) is 0 Å². The SMILES string of the molecule is N#Cc1ccc(-n2c3ccccc3c3ccc(-c4ccc5c6c(ccc(-c7ccc(-c8cc(-c9ccc%10ccccc%10c9)nc(-c9ccccc9)n8)cc7)c46)-c4ccccc4-5)cc32)cc1.[C-]#[N+]c1cccc2c(-c3ccc(-c4ccc5c6c(ccc(-c7ccc(-c8cc(-c9ccccc9)nc(-c9cccc%10oc%11ccccc%11c9%10)n8)cc7)c46)-c4ccccc4-5)cc3)cccc12. The van der Waals surface area contributed by atoms with E-state index < -0.39 is 0 Å². The molecule has 2 aliphatic rings. The molecule has 600 valence electrons. The first kappa shape index (κ1) is 74.8. The molecule has 0 radical (unpaired) electrons. The van der Waals surface area contributed by atoms with Crippen LogP contribution in [0.2, 0.25) is 0 Å². The zero-order chi connectivity index (χ0) is 86.0. The molecule has 0 unspecified atom stereocenters. The average molecular weight is 1650 g/mol. The fourth-order valence-electron chi connectivity index (χ4n) is 20.2. The first-order chi connectivity index (χ1) is 64.3. The molecule has 8 nitrogen and oxygen atoms in total. The van der Waals surface area contributed by atoms with E-state index in [0.717, 1.165) is 139 Å². The van der Waals surface area contributed by atoms with Crippen LogP contribution in [-0.4, -0.2) is 24.5 Å². The first-order valence-corrected chi connectivity index (χ1v) is 43.8. The van der Waals surface area contributed by atoms with Crippen molar-refractivity contribution < 1.29 is 4.42 Å². The summed E-state index contributed by atoms with van der Waals surface area (Å²) in [5.41, 5.74) is 37.3. The Morgan fingerprint density at radius 3 is 1.22 bits per heavy atom. The molecule has 8 heteroatoms. The van der Waals surface area contributed by atoms with Crippen molar-refractivity contribution in [2.75, 3.05) is 0 Å². The fourth-order valence-corrected chi connectivity index (χ4v) is 20.2. The number of fused-ring (bicyclic) bond motifs is 14. The van der Waals surface area contributed by atoms with Gasteiger partial charge in [0.15, 0.2) is 17.3 Å².